The number of nitrogens with zero attached hydrogens (tertiary/aromatic N) is 7. The number of piperidine rings is 2. The molecule has 0 radical (unpaired) electrons. The second-order valence-corrected chi connectivity index (χ2v) is 20.4. The average molecular weight is 981 g/mol. The number of nitrogens with one attached hydrogen (secondary N) is 3. The molecule has 2 saturated heterocycles. The number of rotatable bonds is 10. The van der Waals surface area contributed by atoms with Crippen molar-refractivity contribution in [2.45, 2.75) is 103 Å². The van der Waals surface area contributed by atoms with Crippen LogP contribution in [0, 0.1) is 30.3 Å². The number of anilines is 2. The van der Waals surface area contributed by atoms with Gasteiger partial charge in [-0.15, -0.1) is 0 Å². The van der Waals surface area contributed by atoms with Gasteiger partial charge in [-0.1, -0.05) is 19.1 Å². The highest BCUT2D eigenvalue weighted by molar-refractivity contribution is 6.01. The monoisotopic (exact) mass is 980 g/mol. The topological polar surface area (TPSA) is 150 Å². The Hall–Kier alpha value is -6.85. The molecule has 2 unspecified atom stereocenters. The minimum absolute atomic E-state index is 0.0418. The molecule has 6 aliphatic rings. The summed E-state index contributed by atoms with van der Waals surface area (Å²) in [7, 11) is 0. The van der Waals surface area contributed by atoms with Crippen LogP contribution in [0.3, 0.4) is 0 Å². The summed E-state index contributed by atoms with van der Waals surface area (Å²) in [6.07, 6.45) is 11.2. The summed E-state index contributed by atoms with van der Waals surface area (Å²) in [4.78, 5) is 62.3. The lowest BCUT2D eigenvalue weighted by molar-refractivity contribution is -0.133. The van der Waals surface area contributed by atoms with Crippen molar-refractivity contribution in [3.05, 3.63) is 145 Å². The number of likely N-dealkylation sites (tertiary alicyclic amines) is 1. The van der Waals surface area contributed by atoms with Crippen LogP contribution in [0.4, 0.5) is 24.5 Å². The molecule has 17 heteroatoms. The maximum atomic E-state index is 16.2. The third kappa shape index (κ3) is 9.05. The lowest BCUT2D eigenvalue weighted by Gasteiger charge is -2.37. The van der Waals surface area contributed by atoms with Crippen molar-refractivity contribution < 1.29 is 27.6 Å². The molecule has 8 heterocycles. The second-order valence-electron chi connectivity index (χ2n) is 20.4. The van der Waals surface area contributed by atoms with Crippen molar-refractivity contribution in [3.63, 3.8) is 0 Å². The molecule has 72 heavy (non-hydrogen) atoms. The molecule has 5 aromatic rings. The SMILES string of the molecule is Cc1cc(C(=O)N2CCn3nc(CN4CCC(c5ccc(NC6CCC(=O)NC6=O)cc5F)CC4)cc3C2)cc(F)c1C1=CCN(C(C)C2=Cc3c(-n4cc(F)c5c(c4=O)CCN5)ccnc3C[C@@H]2C)CC1. The number of hydrogen-bond acceptors (Lipinski definition) is 10. The van der Waals surface area contributed by atoms with Gasteiger partial charge < -0.3 is 15.5 Å². The first kappa shape index (κ1) is 47.5. The molecule has 0 spiro atoms. The van der Waals surface area contributed by atoms with Gasteiger partial charge in [0.15, 0.2) is 5.82 Å². The highest BCUT2D eigenvalue weighted by Gasteiger charge is 2.33. The zero-order chi connectivity index (χ0) is 49.9. The molecule has 14 nitrogen and oxygen atoms in total. The summed E-state index contributed by atoms with van der Waals surface area (Å²) in [5, 5.41) is 13.3. The number of aryl methyl sites for hydroxylation is 1. The van der Waals surface area contributed by atoms with E-state index in [1.807, 2.05) is 23.7 Å². The summed E-state index contributed by atoms with van der Waals surface area (Å²) in [5.74, 6) is -1.82. The first-order chi connectivity index (χ1) is 34.8. The van der Waals surface area contributed by atoms with Gasteiger partial charge in [0.1, 0.15) is 17.7 Å². The van der Waals surface area contributed by atoms with Crippen LogP contribution >= 0.6 is 0 Å². The fourth-order valence-corrected chi connectivity index (χ4v) is 12.0. The van der Waals surface area contributed by atoms with Crippen molar-refractivity contribution in [2.24, 2.45) is 5.92 Å². The Labute approximate surface area is 416 Å². The molecule has 11 rings (SSSR count). The Balaban J connectivity index is 0.701. The summed E-state index contributed by atoms with van der Waals surface area (Å²) in [5.41, 5.74) is 9.59. The van der Waals surface area contributed by atoms with Crippen LogP contribution in [0.5, 0.6) is 0 Å². The smallest absolute Gasteiger partial charge is 0.260 e. The Morgan fingerprint density at radius 2 is 1.76 bits per heavy atom. The van der Waals surface area contributed by atoms with Crippen molar-refractivity contribution in [2.75, 3.05) is 49.9 Å². The van der Waals surface area contributed by atoms with Crippen LogP contribution < -0.4 is 21.5 Å². The number of amides is 3. The predicted octanol–water partition coefficient (Wildman–Crippen LogP) is 7.13. The predicted molar refractivity (Wildman–Crippen MR) is 268 cm³/mol. The van der Waals surface area contributed by atoms with E-state index in [2.05, 4.69) is 56.7 Å². The molecular formula is C55H59F3N10O4. The normalized spacial score (nSPS) is 21.0. The lowest BCUT2D eigenvalue weighted by atomic mass is 9.82. The molecule has 2 aromatic carbocycles. The van der Waals surface area contributed by atoms with Gasteiger partial charge in [-0.05, 0) is 142 Å². The molecule has 374 valence electrons. The minimum Gasteiger partial charge on any atom is -0.382 e. The largest absolute Gasteiger partial charge is 0.382 e. The Morgan fingerprint density at radius 3 is 2.53 bits per heavy atom. The Morgan fingerprint density at radius 1 is 0.931 bits per heavy atom. The number of halogens is 3. The van der Waals surface area contributed by atoms with E-state index in [1.54, 1.807) is 29.3 Å². The Bertz CT molecular complexity index is 3130. The summed E-state index contributed by atoms with van der Waals surface area (Å²) >= 11 is 0. The summed E-state index contributed by atoms with van der Waals surface area (Å²) in [6.45, 7) is 11.6. The summed E-state index contributed by atoms with van der Waals surface area (Å²) in [6, 6.07) is 11.5. The van der Waals surface area contributed by atoms with E-state index >= 15 is 13.2 Å². The van der Waals surface area contributed by atoms with E-state index in [0.717, 1.165) is 59.7 Å². The zero-order valence-electron chi connectivity index (χ0n) is 40.9. The van der Waals surface area contributed by atoms with Crippen molar-refractivity contribution in [1.29, 1.82) is 0 Å². The van der Waals surface area contributed by atoms with Gasteiger partial charge in [-0.2, -0.15) is 5.10 Å². The maximum Gasteiger partial charge on any atom is 0.260 e. The van der Waals surface area contributed by atoms with Gasteiger partial charge in [0.2, 0.25) is 11.8 Å². The molecule has 0 saturated carbocycles. The first-order valence-corrected chi connectivity index (χ1v) is 25.3. The van der Waals surface area contributed by atoms with E-state index in [0.29, 0.717) is 111 Å². The number of aromatic nitrogens is 4. The van der Waals surface area contributed by atoms with Crippen LogP contribution in [-0.4, -0.2) is 103 Å². The molecule has 3 aromatic heterocycles. The number of carbonyl (C=O) groups excluding carboxylic acids is 3. The fourth-order valence-electron chi connectivity index (χ4n) is 12.0. The van der Waals surface area contributed by atoms with Gasteiger partial charge in [0.25, 0.3) is 11.5 Å². The Kier molecular flexibility index (Phi) is 12.7. The van der Waals surface area contributed by atoms with Crippen LogP contribution in [-0.2, 0) is 42.1 Å². The van der Waals surface area contributed by atoms with Crippen molar-refractivity contribution >= 4 is 40.7 Å². The van der Waals surface area contributed by atoms with E-state index in [1.165, 1.54) is 28.5 Å². The van der Waals surface area contributed by atoms with E-state index in [4.69, 9.17) is 5.10 Å². The maximum absolute atomic E-state index is 16.2. The van der Waals surface area contributed by atoms with Crippen LogP contribution in [0.25, 0.3) is 17.3 Å². The highest BCUT2D eigenvalue weighted by Crippen LogP contribution is 2.37. The standard InChI is InChI=1S/C55H59F3N10O4/c1-31-23-48-43(49(9-15-59-48)67-30-46(58)52-41(55(67)72)8-14-60-52)27-42(31)33(3)65-18-12-35(13-19-65)51-32(2)22-36(24-45(51)57)54(71)66-20-21-68-39(29-66)25-38(63-68)28-64-16-10-34(11-17-64)40-5-4-37(26-44(40)56)61-47-6-7-50(69)62-53(47)70/h4-5,9,12,15,22,24-27,30-31,33-34,47,60-61H,6-8,10-11,13-14,16-21,23,28-29H2,1-3H3,(H,62,69,70)/t31-,33?,47?/m0/s1. The second kappa shape index (κ2) is 19.3. The summed E-state index contributed by atoms with van der Waals surface area (Å²) < 4.78 is 50.2. The quantitative estimate of drug-likeness (QED) is 0.124. The molecular weight excluding hydrogens is 922 g/mol. The third-order valence-electron chi connectivity index (χ3n) is 15.9. The number of fused-ring (bicyclic) bond motifs is 3. The third-order valence-corrected chi connectivity index (χ3v) is 15.9. The fraction of sp³-hybridized carbons (Fsp3) is 0.418. The first-order valence-electron chi connectivity index (χ1n) is 25.3. The van der Waals surface area contributed by atoms with E-state index in [9.17, 15) is 19.2 Å². The van der Waals surface area contributed by atoms with Gasteiger partial charge in [-0.3, -0.25) is 48.5 Å². The van der Waals surface area contributed by atoms with E-state index < -0.39 is 23.6 Å². The van der Waals surface area contributed by atoms with Crippen molar-refractivity contribution in [1.82, 2.24) is 39.3 Å². The number of imide groups is 1. The number of benzene rings is 2. The van der Waals surface area contributed by atoms with Crippen LogP contribution in [0.15, 0.2) is 71.3 Å². The van der Waals surface area contributed by atoms with Gasteiger partial charge in [0.05, 0.1) is 47.7 Å². The van der Waals surface area contributed by atoms with Crippen LogP contribution in [0.2, 0.25) is 0 Å². The molecule has 0 bridgehead atoms. The number of pyridine rings is 2. The molecule has 3 atom stereocenters. The zero-order valence-corrected chi connectivity index (χ0v) is 40.9. The van der Waals surface area contributed by atoms with Crippen molar-refractivity contribution in [3.8, 4) is 5.69 Å². The number of carbonyl (C=O) groups is 3. The lowest BCUT2D eigenvalue weighted by Crippen LogP contribution is -2.47. The molecule has 1 aliphatic carbocycles. The molecule has 3 N–H and O–H groups in total. The van der Waals surface area contributed by atoms with Gasteiger partial charge in [-0.25, -0.2) is 13.2 Å². The van der Waals surface area contributed by atoms with Crippen LogP contribution in [0.1, 0.15) is 107 Å². The van der Waals surface area contributed by atoms with Gasteiger partial charge >= 0.3 is 0 Å². The van der Waals surface area contributed by atoms with E-state index in [-0.39, 0.29) is 47.5 Å². The molecule has 5 aliphatic heterocycles. The highest BCUT2D eigenvalue weighted by atomic mass is 19.1. The average Bonchev–Trinajstić information content (AvgIpc) is 4.04. The molecule has 3 amide bonds. The number of hydrogen-bond donors (Lipinski definition) is 3. The molecule has 2 fully saturated rings. The van der Waals surface area contributed by atoms with Gasteiger partial charge in [0, 0.05) is 79.3 Å². The minimum atomic E-state index is -0.575.